The van der Waals surface area contributed by atoms with Crippen molar-refractivity contribution >= 4 is 0 Å². The lowest BCUT2D eigenvalue weighted by Gasteiger charge is -2.26. The topological polar surface area (TPSA) is 0 Å². The molecule has 0 heteroatoms. The fourth-order valence-corrected chi connectivity index (χ4v) is 4.47. The van der Waals surface area contributed by atoms with Crippen molar-refractivity contribution in [2.75, 3.05) is 0 Å². The third-order valence-electron chi connectivity index (χ3n) is 6.53. The van der Waals surface area contributed by atoms with Crippen LogP contribution < -0.4 is 0 Å². The maximum Gasteiger partial charge on any atom is 0.0245 e. The van der Waals surface area contributed by atoms with Crippen LogP contribution in [0.25, 0.3) is 0 Å². The van der Waals surface area contributed by atoms with Crippen LogP contribution in [0.5, 0.6) is 0 Å². The second-order valence-electron chi connectivity index (χ2n) is 8.77. The Bertz CT molecular complexity index is 762. The van der Waals surface area contributed by atoms with Gasteiger partial charge in [0.05, 0.1) is 0 Å². The summed E-state index contributed by atoms with van der Waals surface area (Å²) in [7, 11) is 0. The van der Waals surface area contributed by atoms with Gasteiger partial charge in [-0.15, -0.1) is 0 Å². The van der Waals surface area contributed by atoms with Gasteiger partial charge in [0.15, 0.2) is 0 Å². The van der Waals surface area contributed by atoms with Gasteiger partial charge in [0.25, 0.3) is 0 Å². The summed E-state index contributed by atoms with van der Waals surface area (Å²) in [5.74, 6) is 8.25. The summed E-state index contributed by atoms with van der Waals surface area (Å²) in [5, 5.41) is 0. The molecular weight excluding hydrogens is 348 g/mol. The average molecular weight is 387 g/mol. The molecule has 0 spiro atoms. The van der Waals surface area contributed by atoms with Crippen molar-refractivity contribution < 1.29 is 0 Å². The number of benzene rings is 2. The zero-order chi connectivity index (χ0) is 20.3. The summed E-state index contributed by atoms with van der Waals surface area (Å²) in [4.78, 5) is 0. The van der Waals surface area contributed by atoms with Crippen molar-refractivity contribution in [3.8, 4) is 11.8 Å². The summed E-state index contributed by atoms with van der Waals surface area (Å²) in [6.45, 7) is 4.48. The SMILES string of the molecule is CCCCCCCc1ccc([C@H]2CC[C@H](C#Cc3ccc(CC)cc3)CC2)cc1. The van der Waals surface area contributed by atoms with E-state index in [-0.39, 0.29) is 0 Å². The lowest BCUT2D eigenvalue weighted by molar-refractivity contribution is 0.384. The normalized spacial score (nSPS) is 18.8. The second-order valence-corrected chi connectivity index (χ2v) is 8.77. The van der Waals surface area contributed by atoms with Gasteiger partial charge in [-0.05, 0) is 79.7 Å². The van der Waals surface area contributed by atoms with Crippen LogP contribution in [0.4, 0.5) is 0 Å². The van der Waals surface area contributed by atoms with Crippen molar-refractivity contribution in [2.24, 2.45) is 5.92 Å². The number of unbranched alkanes of at least 4 members (excludes halogenated alkanes) is 4. The van der Waals surface area contributed by atoms with E-state index in [1.807, 2.05) is 0 Å². The van der Waals surface area contributed by atoms with Gasteiger partial charge in [-0.1, -0.05) is 87.8 Å². The highest BCUT2D eigenvalue weighted by molar-refractivity contribution is 5.36. The second kappa shape index (κ2) is 11.9. The molecule has 2 aromatic rings. The predicted molar refractivity (Wildman–Crippen MR) is 126 cm³/mol. The molecule has 1 aliphatic rings. The Balaban J connectivity index is 1.43. The van der Waals surface area contributed by atoms with Crippen LogP contribution in [0.2, 0.25) is 0 Å². The van der Waals surface area contributed by atoms with Crippen LogP contribution in [0, 0.1) is 17.8 Å². The summed E-state index contributed by atoms with van der Waals surface area (Å²) in [6, 6.07) is 18.3. The molecule has 0 saturated heterocycles. The van der Waals surface area contributed by atoms with E-state index in [1.165, 1.54) is 75.3 Å². The molecule has 3 rings (SSSR count). The van der Waals surface area contributed by atoms with E-state index >= 15 is 0 Å². The Morgan fingerprint density at radius 2 is 1.38 bits per heavy atom. The van der Waals surface area contributed by atoms with Crippen LogP contribution in [-0.2, 0) is 12.8 Å². The molecule has 154 valence electrons. The van der Waals surface area contributed by atoms with Gasteiger partial charge >= 0.3 is 0 Å². The van der Waals surface area contributed by atoms with E-state index in [0.29, 0.717) is 5.92 Å². The van der Waals surface area contributed by atoms with Crippen molar-refractivity contribution in [3.05, 3.63) is 70.8 Å². The summed E-state index contributed by atoms with van der Waals surface area (Å²) < 4.78 is 0. The highest BCUT2D eigenvalue weighted by Crippen LogP contribution is 2.35. The number of rotatable bonds is 8. The Morgan fingerprint density at radius 3 is 2.03 bits per heavy atom. The zero-order valence-electron chi connectivity index (χ0n) is 18.6. The minimum Gasteiger partial charge on any atom is -0.0945 e. The molecule has 0 amide bonds. The fourth-order valence-electron chi connectivity index (χ4n) is 4.47. The first kappa shape index (κ1) is 21.7. The molecule has 0 radical (unpaired) electrons. The predicted octanol–water partition coefficient (Wildman–Crippen LogP) is 8.09. The van der Waals surface area contributed by atoms with Gasteiger partial charge < -0.3 is 0 Å². The molecule has 29 heavy (non-hydrogen) atoms. The molecule has 0 bridgehead atoms. The number of hydrogen-bond donors (Lipinski definition) is 0. The Morgan fingerprint density at radius 1 is 0.724 bits per heavy atom. The van der Waals surface area contributed by atoms with Gasteiger partial charge in [0.1, 0.15) is 0 Å². The van der Waals surface area contributed by atoms with E-state index in [9.17, 15) is 0 Å². The molecule has 1 fully saturated rings. The number of hydrogen-bond acceptors (Lipinski definition) is 0. The van der Waals surface area contributed by atoms with E-state index in [0.717, 1.165) is 17.9 Å². The summed E-state index contributed by atoms with van der Waals surface area (Å²) >= 11 is 0. The highest BCUT2D eigenvalue weighted by Gasteiger charge is 2.21. The lowest BCUT2D eigenvalue weighted by atomic mass is 9.78. The van der Waals surface area contributed by atoms with E-state index in [2.05, 4.69) is 74.2 Å². The lowest BCUT2D eigenvalue weighted by Crippen LogP contribution is -2.12. The van der Waals surface area contributed by atoms with Gasteiger partial charge in [-0.25, -0.2) is 0 Å². The molecule has 0 unspecified atom stereocenters. The molecular formula is C29H38. The smallest absolute Gasteiger partial charge is 0.0245 e. The van der Waals surface area contributed by atoms with Crippen molar-refractivity contribution in [2.45, 2.75) is 90.4 Å². The molecule has 0 aromatic heterocycles. The summed E-state index contributed by atoms with van der Waals surface area (Å²) in [5.41, 5.74) is 5.60. The van der Waals surface area contributed by atoms with Crippen LogP contribution in [0.3, 0.4) is 0 Å². The number of aryl methyl sites for hydroxylation is 2. The molecule has 1 saturated carbocycles. The Hall–Kier alpha value is -2.00. The van der Waals surface area contributed by atoms with Gasteiger partial charge in [-0.3, -0.25) is 0 Å². The van der Waals surface area contributed by atoms with Crippen molar-refractivity contribution in [3.63, 3.8) is 0 Å². The van der Waals surface area contributed by atoms with Crippen LogP contribution in [0.15, 0.2) is 48.5 Å². The molecule has 0 N–H and O–H groups in total. The van der Waals surface area contributed by atoms with Crippen molar-refractivity contribution in [1.29, 1.82) is 0 Å². The molecule has 0 atom stereocenters. The van der Waals surface area contributed by atoms with E-state index in [1.54, 1.807) is 5.56 Å². The molecule has 0 heterocycles. The largest absolute Gasteiger partial charge is 0.0945 e. The Labute approximate surface area is 179 Å². The van der Waals surface area contributed by atoms with Crippen molar-refractivity contribution in [1.82, 2.24) is 0 Å². The van der Waals surface area contributed by atoms with E-state index in [4.69, 9.17) is 0 Å². The first-order valence-electron chi connectivity index (χ1n) is 12.0. The van der Waals surface area contributed by atoms with Gasteiger partial charge in [0, 0.05) is 11.5 Å². The van der Waals surface area contributed by atoms with Crippen LogP contribution in [0.1, 0.15) is 99.8 Å². The van der Waals surface area contributed by atoms with Crippen LogP contribution >= 0.6 is 0 Å². The maximum atomic E-state index is 3.54. The highest BCUT2D eigenvalue weighted by atomic mass is 14.2. The standard InChI is InChI=1S/C29H38/c1-3-5-6-7-8-9-25-16-20-28(21-17-25)29-22-18-27(19-23-29)15-14-26-12-10-24(4-2)11-13-26/h10-13,16-17,20-21,27,29H,3-9,18-19,22-23H2,1-2H3/t27-,29-. The Kier molecular flexibility index (Phi) is 8.88. The minimum absolute atomic E-state index is 0.569. The quantitative estimate of drug-likeness (QED) is 0.318. The zero-order valence-corrected chi connectivity index (χ0v) is 18.6. The molecule has 1 aliphatic carbocycles. The summed E-state index contributed by atoms with van der Waals surface area (Å²) in [6.07, 6.45) is 14.2. The molecule has 2 aromatic carbocycles. The third-order valence-corrected chi connectivity index (χ3v) is 6.53. The maximum absolute atomic E-state index is 3.54. The first-order valence-corrected chi connectivity index (χ1v) is 12.0. The van der Waals surface area contributed by atoms with Crippen LogP contribution in [-0.4, -0.2) is 0 Å². The van der Waals surface area contributed by atoms with Gasteiger partial charge in [0.2, 0.25) is 0 Å². The molecule has 0 nitrogen and oxygen atoms in total. The molecule has 0 aliphatic heterocycles. The van der Waals surface area contributed by atoms with Gasteiger partial charge in [-0.2, -0.15) is 0 Å². The third kappa shape index (κ3) is 7.08. The fraction of sp³-hybridized carbons (Fsp3) is 0.517. The first-order chi connectivity index (χ1) is 14.3. The van der Waals surface area contributed by atoms with E-state index < -0.39 is 0 Å². The average Bonchev–Trinajstić information content (AvgIpc) is 2.79. The minimum atomic E-state index is 0.569. The monoisotopic (exact) mass is 386 g/mol.